The molecule has 2 heterocycles. The number of hydrogen-bond acceptors (Lipinski definition) is 2. The highest BCUT2D eigenvalue weighted by atomic mass is 16.5. The Kier molecular flexibility index (Phi) is 2.85. The van der Waals surface area contributed by atoms with Gasteiger partial charge in [-0.05, 0) is 5.56 Å². The molecule has 0 N–H and O–H groups in total. The Labute approximate surface area is 101 Å². The van der Waals surface area contributed by atoms with Gasteiger partial charge in [0.2, 0.25) is 5.91 Å². The predicted octanol–water partition coefficient (Wildman–Crippen LogP) is 1.33. The monoisotopic (exact) mass is 231 g/mol. The van der Waals surface area contributed by atoms with Crippen molar-refractivity contribution in [2.75, 3.05) is 26.3 Å². The number of benzene rings is 1. The number of fused-ring (bicyclic) bond motifs is 1. The van der Waals surface area contributed by atoms with Gasteiger partial charge in [0.25, 0.3) is 0 Å². The quantitative estimate of drug-likeness (QED) is 0.768. The zero-order valence-electron chi connectivity index (χ0n) is 9.84. The zero-order chi connectivity index (χ0) is 11.7. The van der Waals surface area contributed by atoms with Crippen LogP contribution in [0.5, 0.6) is 0 Å². The van der Waals surface area contributed by atoms with Crippen LogP contribution in [0, 0.1) is 11.8 Å². The SMILES string of the molecule is O=C(Cc1ccccc1)N1CC2COCC2C1. The Morgan fingerprint density at radius 2 is 1.82 bits per heavy atom. The number of rotatable bonds is 2. The maximum atomic E-state index is 12.1. The Bertz CT molecular complexity index is 392. The third-order valence-electron chi connectivity index (χ3n) is 3.79. The fraction of sp³-hybridized carbons (Fsp3) is 0.500. The van der Waals surface area contributed by atoms with Gasteiger partial charge in [-0.3, -0.25) is 4.79 Å². The molecule has 3 rings (SSSR count). The molecule has 0 aromatic heterocycles. The fourth-order valence-corrected chi connectivity index (χ4v) is 2.77. The summed E-state index contributed by atoms with van der Waals surface area (Å²) < 4.78 is 5.42. The molecule has 3 heteroatoms. The minimum atomic E-state index is 0.255. The van der Waals surface area contributed by atoms with E-state index in [-0.39, 0.29) is 5.91 Å². The van der Waals surface area contributed by atoms with E-state index in [9.17, 15) is 4.79 Å². The summed E-state index contributed by atoms with van der Waals surface area (Å²) in [6.45, 7) is 3.44. The van der Waals surface area contributed by atoms with Crippen LogP contribution in [-0.2, 0) is 16.0 Å². The van der Waals surface area contributed by atoms with Gasteiger partial charge >= 0.3 is 0 Å². The van der Waals surface area contributed by atoms with Crippen molar-refractivity contribution in [2.45, 2.75) is 6.42 Å². The van der Waals surface area contributed by atoms with Gasteiger partial charge in [-0.15, -0.1) is 0 Å². The van der Waals surface area contributed by atoms with E-state index in [0.29, 0.717) is 18.3 Å². The first-order valence-corrected chi connectivity index (χ1v) is 6.22. The lowest BCUT2D eigenvalue weighted by Crippen LogP contribution is -2.31. The molecule has 1 aromatic rings. The molecule has 90 valence electrons. The maximum Gasteiger partial charge on any atom is 0.227 e. The summed E-state index contributed by atoms with van der Waals surface area (Å²) in [5.74, 6) is 1.41. The molecule has 17 heavy (non-hydrogen) atoms. The second kappa shape index (κ2) is 4.49. The summed E-state index contributed by atoms with van der Waals surface area (Å²) in [6.07, 6.45) is 0.529. The third-order valence-corrected chi connectivity index (χ3v) is 3.79. The fourth-order valence-electron chi connectivity index (χ4n) is 2.77. The van der Waals surface area contributed by atoms with Crippen LogP contribution >= 0.6 is 0 Å². The highest BCUT2D eigenvalue weighted by Gasteiger charge is 2.38. The van der Waals surface area contributed by atoms with Gasteiger partial charge < -0.3 is 9.64 Å². The molecule has 0 radical (unpaired) electrons. The first kappa shape index (κ1) is 10.8. The van der Waals surface area contributed by atoms with Crippen LogP contribution in [0.25, 0.3) is 0 Å². The lowest BCUT2D eigenvalue weighted by Gasteiger charge is -2.17. The van der Waals surface area contributed by atoms with E-state index in [1.54, 1.807) is 0 Å². The molecule has 1 aromatic carbocycles. The number of likely N-dealkylation sites (tertiary alicyclic amines) is 1. The Hall–Kier alpha value is -1.35. The van der Waals surface area contributed by atoms with E-state index in [1.165, 1.54) is 0 Å². The van der Waals surface area contributed by atoms with Crippen molar-refractivity contribution in [3.05, 3.63) is 35.9 Å². The van der Waals surface area contributed by atoms with Crippen LogP contribution < -0.4 is 0 Å². The lowest BCUT2D eigenvalue weighted by atomic mass is 10.0. The van der Waals surface area contributed by atoms with Crippen LogP contribution in [0.4, 0.5) is 0 Å². The highest BCUT2D eigenvalue weighted by molar-refractivity contribution is 5.79. The topological polar surface area (TPSA) is 29.5 Å². The third kappa shape index (κ3) is 2.20. The molecule has 0 aliphatic carbocycles. The first-order chi connectivity index (χ1) is 8.33. The number of ether oxygens (including phenoxy) is 1. The Balaban J connectivity index is 1.61. The molecule has 3 nitrogen and oxygen atoms in total. The second-order valence-corrected chi connectivity index (χ2v) is 5.02. The molecule has 0 bridgehead atoms. The Morgan fingerprint density at radius 1 is 1.18 bits per heavy atom. The molecule has 2 aliphatic heterocycles. The van der Waals surface area contributed by atoms with Crippen molar-refractivity contribution in [2.24, 2.45) is 11.8 Å². The van der Waals surface area contributed by atoms with Crippen molar-refractivity contribution in [3.8, 4) is 0 Å². The molecule has 2 fully saturated rings. The summed E-state index contributed by atoms with van der Waals surface area (Å²) in [6, 6.07) is 9.96. The number of amides is 1. The van der Waals surface area contributed by atoms with E-state index >= 15 is 0 Å². The molecular weight excluding hydrogens is 214 g/mol. The second-order valence-electron chi connectivity index (χ2n) is 5.02. The summed E-state index contributed by atoms with van der Waals surface area (Å²) in [5.41, 5.74) is 1.10. The van der Waals surface area contributed by atoms with Gasteiger partial charge in [0.05, 0.1) is 19.6 Å². The van der Waals surface area contributed by atoms with Crippen molar-refractivity contribution in [1.29, 1.82) is 0 Å². The summed E-state index contributed by atoms with van der Waals surface area (Å²) in [5, 5.41) is 0. The normalized spacial score (nSPS) is 27.2. The number of carbonyl (C=O) groups is 1. The van der Waals surface area contributed by atoms with Crippen LogP contribution in [0.3, 0.4) is 0 Å². The molecular formula is C14H17NO2. The summed E-state index contributed by atoms with van der Waals surface area (Å²) in [7, 11) is 0. The standard InChI is InChI=1S/C14H17NO2/c16-14(6-11-4-2-1-3-5-11)15-7-12-9-17-10-13(12)8-15/h1-5,12-13H,6-10H2. The molecule has 2 aliphatic rings. The largest absolute Gasteiger partial charge is 0.381 e. The Morgan fingerprint density at radius 3 is 2.47 bits per heavy atom. The number of nitrogens with zero attached hydrogens (tertiary/aromatic N) is 1. The maximum absolute atomic E-state index is 12.1. The molecule has 0 saturated carbocycles. The number of hydrogen-bond donors (Lipinski definition) is 0. The average Bonchev–Trinajstić information content (AvgIpc) is 2.90. The highest BCUT2D eigenvalue weighted by Crippen LogP contribution is 2.29. The molecule has 2 unspecified atom stereocenters. The van der Waals surface area contributed by atoms with Crippen molar-refractivity contribution >= 4 is 5.91 Å². The molecule has 2 saturated heterocycles. The van der Waals surface area contributed by atoms with E-state index in [0.717, 1.165) is 31.9 Å². The van der Waals surface area contributed by atoms with Crippen molar-refractivity contribution in [1.82, 2.24) is 4.90 Å². The smallest absolute Gasteiger partial charge is 0.227 e. The van der Waals surface area contributed by atoms with Gasteiger partial charge in [0, 0.05) is 24.9 Å². The van der Waals surface area contributed by atoms with Gasteiger partial charge in [0.1, 0.15) is 0 Å². The van der Waals surface area contributed by atoms with E-state index in [4.69, 9.17) is 4.74 Å². The predicted molar refractivity (Wildman–Crippen MR) is 64.5 cm³/mol. The lowest BCUT2D eigenvalue weighted by molar-refractivity contribution is -0.129. The summed E-state index contributed by atoms with van der Waals surface area (Å²) in [4.78, 5) is 14.1. The van der Waals surface area contributed by atoms with Gasteiger partial charge in [0.15, 0.2) is 0 Å². The van der Waals surface area contributed by atoms with E-state index in [1.807, 2.05) is 35.2 Å². The molecule has 0 spiro atoms. The van der Waals surface area contributed by atoms with Gasteiger partial charge in [-0.1, -0.05) is 30.3 Å². The van der Waals surface area contributed by atoms with E-state index < -0.39 is 0 Å². The van der Waals surface area contributed by atoms with E-state index in [2.05, 4.69) is 0 Å². The average molecular weight is 231 g/mol. The molecule has 2 atom stereocenters. The van der Waals surface area contributed by atoms with Crippen LogP contribution in [-0.4, -0.2) is 37.1 Å². The minimum absolute atomic E-state index is 0.255. The minimum Gasteiger partial charge on any atom is -0.381 e. The van der Waals surface area contributed by atoms with Crippen LogP contribution in [0.2, 0.25) is 0 Å². The first-order valence-electron chi connectivity index (χ1n) is 6.22. The number of carbonyl (C=O) groups excluding carboxylic acids is 1. The molecule has 1 amide bonds. The van der Waals surface area contributed by atoms with Crippen LogP contribution in [0.15, 0.2) is 30.3 Å². The van der Waals surface area contributed by atoms with Gasteiger partial charge in [-0.25, -0.2) is 0 Å². The zero-order valence-corrected chi connectivity index (χ0v) is 9.84. The van der Waals surface area contributed by atoms with Crippen LogP contribution in [0.1, 0.15) is 5.56 Å². The van der Waals surface area contributed by atoms with Gasteiger partial charge in [-0.2, -0.15) is 0 Å². The summed E-state index contributed by atoms with van der Waals surface area (Å²) >= 11 is 0. The van der Waals surface area contributed by atoms with Crippen molar-refractivity contribution in [3.63, 3.8) is 0 Å². The van der Waals surface area contributed by atoms with Crippen molar-refractivity contribution < 1.29 is 9.53 Å².